The third-order valence-electron chi connectivity index (χ3n) is 2.15. The van der Waals surface area contributed by atoms with Crippen molar-refractivity contribution in [2.75, 3.05) is 5.38 Å². The van der Waals surface area contributed by atoms with E-state index in [0.717, 1.165) is 11.3 Å². The van der Waals surface area contributed by atoms with Gasteiger partial charge in [-0.05, 0) is 18.2 Å². The van der Waals surface area contributed by atoms with E-state index in [2.05, 4.69) is 10.2 Å². The standard InChI is InChI=1S/C8H13S2Si/c9-8(10-6-11)7-4-2-1-3-5-7/h7H,1-6H2. The van der Waals surface area contributed by atoms with Crippen molar-refractivity contribution in [3.05, 3.63) is 0 Å². The summed E-state index contributed by atoms with van der Waals surface area (Å²) in [7, 11) is 3.44. The first-order chi connectivity index (χ1) is 5.34. The zero-order valence-electron chi connectivity index (χ0n) is 6.64. The van der Waals surface area contributed by atoms with Crippen LogP contribution in [0.3, 0.4) is 0 Å². The molecule has 0 atom stereocenters. The molecule has 0 bridgehead atoms. The molecule has 61 valence electrons. The Morgan fingerprint density at radius 3 is 2.55 bits per heavy atom. The van der Waals surface area contributed by atoms with E-state index in [9.17, 15) is 0 Å². The molecular formula is C8H13S2Si. The topological polar surface area (TPSA) is 0 Å². The zero-order chi connectivity index (χ0) is 8.10. The lowest BCUT2D eigenvalue weighted by molar-refractivity contribution is 0.446. The second kappa shape index (κ2) is 5.33. The summed E-state index contributed by atoms with van der Waals surface area (Å²) < 4.78 is 1.22. The predicted octanol–water partition coefficient (Wildman–Crippen LogP) is 2.75. The molecule has 0 aromatic heterocycles. The Hall–Kier alpha value is 0.657. The summed E-state index contributed by atoms with van der Waals surface area (Å²) in [5.41, 5.74) is 0. The average Bonchev–Trinajstić information content (AvgIpc) is 2.07. The van der Waals surface area contributed by atoms with Crippen LogP contribution in [-0.2, 0) is 0 Å². The largest absolute Gasteiger partial charge is 0.123 e. The maximum atomic E-state index is 5.30. The molecule has 0 saturated heterocycles. The Kier molecular flexibility index (Phi) is 4.72. The number of hydrogen-bond acceptors (Lipinski definition) is 2. The van der Waals surface area contributed by atoms with Crippen LogP contribution in [-0.4, -0.2) is 19.8 Å². The van der Waals surface area contributed by atoms with Crippen molar-refractivity contribution in [1.82, 2.24) is 0 Å². The van der Waals surface area contributed by atoms with Gasteiger partial charge in [0.1, 0.15) is 0 Å². The summed E-state index contributed by atoms with van der Waals surface area (Å²) in [6.45, 7) is 0. The molecule has 1 rings (SSSR count). The minimum atomic E-state index is 0.736. The Morgan fingerprint density at radius 1 is 1.36 bits per heavy atom. The molecule has 0 aromatic rings. The molecule has 3 radical (unpaired) electrons. The second-order valence-electron chi connectivity index (χ2n) is 2.94. The quantitative estimate of drug-likeness (QED) is 0.498. The fraction of sp³-hybridized carbons (Fsp3) is 0.875. The highest BCUT2D eigenvalue weighted by molar-refractivity contribution is 8.23. The van der Waals surface area contributed by atoms with Gasteiger partial charge in [0.2, 0.25) is 0 Å². The molecule has 0 N–H and O–H groups in total. The molecular weight excluding hydrogens is 188 g/mol. The van der Waals surface area contributed by atoms with Crippen LogP contribution in [0.4, 0.5) is 0 Å². The third-order valence-corrected chi connectivity index (χ3v) is 4.04. The van der Waals surface area contributed by atoms with Crippen molar-refractivity contribution < 1.29 is 0 Å². The van der Waals surface area contributed by atoms with Crippen LogP contribution in [0.1, 0.15) is 32.1 Å². The molecule has 0 aromatic carbocycles. The van der Waals surface area contributed by atoms with Crippen LogP contribution in [0, 0.1) is 5.92 Å². The predicted molar refractivity (Wildman–Crippen MR) is 57.4 cm³/mol. The monoisotopic (exact) mass is 201 g/mol. The molecule has 0 spiro atoms. The lowest BCUT2D eigenvalue weighted by Crippen LogP contribution is -2.13. The Balaban J connectivity index is 2.27. The molecule has 0 unspecified atom stereocenters. The number of rotatable bonds is 2. The number of thiocarbonyl (C=S) groups is 1. The normalized spacial score (nSPS) is 20.1. The molecule has 0 heterocycles. The maximum absolute atomic E-state index is 5.30. The highest BCUT2D eigenvalue weighted by Crippen LogP contribution is 2.28. The smallest absolute Gasteiger partial charge is 0.0506 e. The van der Waals surface area contributed by atoms with Gasteiger partial charge in [-0.3, -0.25) is 0 Å². The summed E-state index contributed by atoms with van der Waals surface area (Å²) >= 11 is 7.09. The fourth-order valence-corrected chi connectivity index (χ4v) is 3.33. The molecule has 11 heavy (non-hydrogen) atoms. The van der Waals surface area contributed by atoms with Gasteiger partial charge in [-0.2, -0.15) is 0 Å². The van der Waals surface area contributed by atoms with Crippen molar-refractivity contribution in [2.45, 2.75) is 32.1 Å². The van der Waals surface area contributed by atoms with Crippen molar-refractivity contribution in [3.8, 4) is 0 Å². The lowest BCUT2D eigenvalue weighted by Gasteiger charge is -2.21. The van der Waals surface area contributed by atoms with Crippen LogP contribution in [0.2, 0.25) is 0 Å². The molecule has 0 aliphatic heterocycles. The first-order valence-electron chi connectivity index (χ1n) is 4.16. The van der Waals surface area contributed by atoms with Crippen LogP contribution in [0.5, 0.6) is 0 Å². The van der Waals surface area contributed by atoms with Gasteiger partial charge < -0.3 is 0 Å². The molecule has 1 saturated carbocycles. The van der Waals surface area contributed by atoms with E-state index in [1.54, 1.807) is 11.8 Å². The summed E-state index contributed by atoms with van der Waals surface area (Å²) in [6, 6.07) is 0. The van der Waals surface area contributed by atoms with Crippen molar-refractivity contribution in [1.29, 1.82) is 0 Å². The van der Waals surface area contributed by atoms with Gasteiger partial charge in [0.15, 0.2) is 0 Å². The molecule has 0 amide bonds. The van der Waals surface area contributed by atoms with E-state index >= 15 is 0 Å². The SMILES string of the molecule is [Si]CSC(=S)C1CCCCC1. The molecule has 1 fully saturated rings. The van der Waals surface area contributed by atoms with Crippen LogP contribution in [0.25, 0.3) is 0 Å². The Labute approximate surface area is 81.9 Å². The van der Waals surface area contributed by atoms with E-state index < -0.39 is 0 Å². The van der Waals surface area contributed by atoms with E-state index in [-0.39, 0.29) is 0 Å². The van der Waals surface area contributed by atoms with Gasteiger partial charge in [0.05, 0.1) is 4.20 Å². The summed E-state index contributed by atoms with van der Waals surface area (Å²) in [5.74, 6) is 0.736. The summed E-state index contributed by atoms with van der Waals surface area (Å²) in [4.78, 5) is 0. The average molecular weight is 201 g/mol. The summed E-state index contributed by atoms with van der Waals surface area (Å²) in [5, 5.41) is 0.954. The van der Waals surface area contributed by atoms with Gasteiger partial charge >= 0.3 is 0 Å². The van der Waals surface area contributed by atoms with Gasteiger partial charge in [-0.15, -0.1) is 11.8 Å². The maximum Gasteiger partial charge on any atom is 0.0506 e. The summed E-state index contributed by atoms with van der Waals surface area (Å²) in [6.07, 6.45) is 6.84. The highest BCUT2D eigenvalue weighted by atomic mass is 32.2. The molecule has 1 aliphatic rings. The van der Waals surface area contributed by atoms with E-state index in [0.29, 0.717) is 0 Å². The van der Waals surface area contributed by atoms with Crippen LogP contribution in [0.15, 0.2) is 0 Å². The van der Waals surface area contributed by atoms with Gasteiger partial charge in [0, 0.05) is 16.2 Å². The van der Waals surface area contributed by atoms with Gasteiger partial charge in [-0.25, -0.2) is 0 Å². The van der Waals surface area contributed by atoms with Crippen molar-refractivity contribution >= 4 is 38.4 Å². The van der Waals surface area contributed by atoms with Gasteiger partial charge in [0.25, 0.3) is 0 Å². The minimum Gasteiger partial charge on any atom is -0.123 e. The first-order valence-corrected chi connectivity index (χ1v) is 6.26. The third kappa shape index (κ3) is 3.26. The Morgan fingerprint density at radius 2 is 2.00 bits per heavy atom. The zero-order valence-corrected chi connectivity index (χ0v) is 9.27. The molecule has 0 nitrogen and oxygen atoms in total. The van der Waals surface area contributed by atoms with Crippen LogP contribution < -0.4 is 0 Å². The number of thioether (sulfide) groups is 1. The Bertz CT molecular complexity index is 130. The fourth-order valence-electron chi connectivity index (χ4n) is 1.53. The number of hydrogen-bond donors (Lipinski definition) is 0. The highest BCUT2D eigenvalue weighted by Gasteiger charge is 2.17. The molecule has 3 heteroatoms. The minimum absolute atomic E-state index is 0.736. The van der Waals surface area contributed by atoms with Crippen LogP contribution >= 0.6 is 24.0 Å². The van der Waals surface area contributed by atoms with Gasteiger partial charge in [-0.1, -0.05) is 31.5 Å². The second-order valence-corrected chi connectivity index (χ2v) is 5.52. The van der Waals surface area contributed by atoms with E-state index in [1.165, 1.54) is 36.3 Å². The van der Waals surface area contributed by atoms with E-state index in [4.69, 9.17) is 12.2 Å². The van der Waals surface area contributed by atoms with Crippen molar-refractivity contribution in [3.63, 3.8) is 0 Å². The van der Waals surface area contributed by atoms with Crippen molar-refractivity contribution in [2.24, 2.45) is 5.92 Å². The van der Waals surface area contributed by atoms with E-state index in [1.807, 2.05) is 0 Å². The first kappa shape index (κ1) is 9.74. The lowest BCUT2D eigenvalue weighted by atomic mass is 9.91. The molecule has 1 aliphatic carbocycles.